The Balaban J connectivity index is 1.46. The fourth-order valence-electron chi connectivity index (χ4n) is 5.31. The summed E-state index contributed by atoms with van der Waals surface area (Å²) in [5.41, 5.74) is 9.44. The predicted octanol–water partition coefficient (Wildman–Crippen LogP) is 6.15. The van der Waals surface area contributed by atoms with Gasteiger partial charge in [0, 0.05) is 53.6 Å². The smallest absolute Gasteiger partial charge is 0.181 e. The molecule has 0 saturated carbocycles. The van der Waals surface area contributed by atoms with Crippen LogP contribution in [0.5, 0.6) is 0 Å². The van der Waals surface area contributed by atoms with Crippen LogP contribution in [0.15, 0.2) is 67.0 Å². The number of hydrogen-bond donors (Lipinski definition) is 0. The van der Waals surface area contributed by atoms with Crippen LogP contribution in [-0.2, 0) is 20.0 Å². The van der Waals surface area contributed by atoms with E-state index in [9.17, 15) is 0 Å². The van der Waals surface area contributed by atoms with E-state index in [1.54, 1.807) is 4.68 Å². The second-order valence-corrected chi connectivity index (χ2v) is 10.1. The number of fused-ring (bicyclic) bond motifs is 2. The number of aromatic nitrogens is 7. The molecule has 7 heteroatoms. The second kappa shape index (κ2) is 9.00. The van der Waals surface area contributed by atoms with Gasteiger partial charge in [-0.05, 0) is 43.9 Å². The number of nitrogens with zero attached hydrogens (tertiary/aromatic N) is 7. The summed E-state index contributed by atoms with van der Waals surface area (Å²) in [6, 6.07) is 19.0. The lowest BCUT2D eigenvalue weighted by Gasteiger charge is -2.10. The summed E-state index contributed by atoms with van der Waals surface area (Å²) < 4.78 is 5.92. The average molecular weight is 490 g/mol. The Kier molecular flexibility index (Phi) is 5.63. The van der Waals surface area contributed by atoms with E-state index in [-0.39, 0.29) is 0 Å². The molecule has 0 amide bonds. The topological polar surface area (TPSA) is 66.3 Å². The lowest BCUT2D eigenvalue weighted by Crippen LogP contribution is -2.04. The van der Waals surface area contributed by atoms with Gasteiger partial charge in [-0.25, -0.2) is 9.67 Å². The maximum Gasteiger partial charge on any atom is 0.181 e. The van der Waals surface area contributed by atoms with E-state index in [1.165, 1.54) is 11.1 Å². The molecular formula is C30H31N7. The van der Waals surface area contributed by atoms with E-state index in [2.05, 4.69) is 96.0 Å². The van der Waals surface area contributed by atoms with Gasteiger partial charge < -0.3 is 0 Å². The van der Waals surface area contributed by atoms with Gasteiger partial charge in [0.15, 0.2) is 5.65 Å². The van der Waals surface area contributed by atoms with Crippen LogP contribution in [-0.4, -0.2) is 34.3 Å². The van der Waals surface area contributed by atoms with Crippen LogP contribution in [0.4, 0.5) is 0 Å². The lowest BCUT2D eigenvalue weighted by molar-refractivity contribution is 0.621. The zero-order valence-electron chi connectivity index (χ0n) is 22.0. The highest BCUT2D eigenvalue weighted by atomic mass is 15.3. The SMILES string of the molecule is Cc1nc2nn(C)cc2cc1-n1nc(-c2cccc3nn(CCc4ccccc4)cc23)c(C(C)C)c1C. The van der Waals surface area contributed by atoms with Gasteiger partial charge in [-0.2, -0.15) is 15.3 Å². The second-order valence-electron chi connectivity index (χ2n) is 10.1. The third-order valence-corrected chi connectivity index (χ3v) is 7.07. The maximum absolute atomic E-state index is 5.21. The number of hydrogen-bond acceptors (Lipinski definition) is 4. The van der Waals surface area contributed by atoms with E-state index < -0.39 is 0 Å². The summed E-state index contributed by atoms with van der Waals surface area (Å²) in [4.78, 5) is 4.76. The van der Waals surface area contributed by atoms with Gasteiger partial charge in [0.25, 0.3) is 0 Å². The van der Waals surface area contributed by atoms with Crippen LogP contribution < -0.4 is 0 Å². The Morgan fingerprint density at radius 3 is 2.49 bits per heavy atom. The van der Waals surface area contributed by atoms with Crippen molar-refractivity contribution in [1.82, 2.24) is 34.3 Å². The number of pyridine rings is 1. The van der Waals surface area contributed by atoms with Gasteiger partial charge in [-0.1, -0.05) is 56.3 Å². The minimum atomic E-state index is 0.308. The first kappa shape index (κ1) is 23.2. The van der Waals surface area contributed by atoms with Crippen molar-refractivity contribution in [3.05, 3.63) is 89.5 Å². The molecule has 0 N–H and O–H groups in total. The summed E-state index contributed by atoms with van der Waals surface area (Å²) >= 11 is 0. The Bertz CT molecular complexity index is 1730. The van der Waals surface area contributed by atoms with Crippen LogP contribution in [0, 0.1) is 13.8 Å². The van der Waals surface area contributed by atoms with E-state index >= 15 is 0 Å². The minimum Gasteiger partial charge on any atom is -0.273 e. The summed E-state index contributed by atoms with van der Waals surface area (Å²) in [6.45, 7) is 9.48. The number of aryl methyl sites for hydroxylation is 4. The van der Waals surface area contributed by atoms with Crippen LogP contribution in [0.25, 0.3) is 38.9 Å². The summed E-state index contributed by atoms with van der Waals surface area (Å²) in [5.74, 6) is 0.308. The predicted molar refractivity (Wildman–Crippen MR) is 148 cm³/mol. The molecule has 0 aliphatic heterocycles. The fourth-order valence-corrected chi connectivity index (χ4v) is 5.31. The van der Waals surface area contributed by atoms with E-state index in [1.807, 2.05) is 20.2 Å². The molecule has 2 aromatic carbocycles. The average Bonchev–Trinajstić information content (AvgIpc) is 3.56. The molecule has 7 nitrogen and oxygen atoms in total. The van der Waals surface area contributed by atoms with Gasteiger partial charge in [0.1, 0.15) is 0 Å². The van der Waals surface area contributed by atoms with Gasteiger partial charge in [0.2, 0.25) is 0 Å². The zero-order valence-corrected chi connectivity index (χ0v) is 22.0. The maximum atomic E-state index is 5.21. The van der Waals surface area contributed by atoms with Crippen molar-refractivity contribution >= 4 is 21.9 Å². The molecule has 0 fully saturated rings. The van der Waals surface area contributed by atoms with E-state index in [0.29, 0.717) is 5.92 Å². The monoisotopic (exact) mass is 489 g/mol. The Morgan fingerprint density at radius 1 is 0.892 bits per heavy atom. The highest BCUT2D eigenvalue weighted by Gasteiger charge is 2.23. The molecule has 0 aliphatic rings. The molecule has 186 valence electrons. The third-order valence-electron chi connectivity index (χ3n) is 7.07. The highest BCUT2D eigenvalue weighted by Crippen LogP contribution is 2.36. The summed E-state index contributed by atoms with van der Waals surface area (Å²) in [5, 5.41) is 16.7. The van der Waals surface area contributed by atoms with Gasteiger partial charge in [-0.15, -0.1) is 0 Å². The van der Waals surface area contributed by atoms with Crippen LogP contribution in [0.3, 0.4) is 0 Å². The van der Waals surface area contributed by atoms with Crippen molar-refractivity contribution in [2.75, 3.05) is 0 Å². The fraction of sp³-hybridized carbons (Fsp3) is 0.267. The molecule has 0 unspecified atom stereocenters. The Hall–Kier alpha value is -4.26. The molecule has 6 aromatic rings. The zero-order chi connectivity index (χ0) is 25.7. The summed E-state index contributed by atoms with van der Waals surface area (Å²) in [7, 11) is 1.92. The van der Waals surface area contributed by atoms with Crippen molar-refractivity contribution in [2.45, 2.75) is 46.6 Å². The van der Waals surface area contributed by atoms with Crippen LogP contribution >= 0.6 is 0 Å². The summed E-state index contributed by atoms with van der Waals surface area (Å²) in [6.07, 6.45) is 5.11. The molecule has 0 atom stereocenters. The van der Waals surface area contributed by atoms with E-state index in [4.69, 9.17) is 15.2 Å². The molecule has 37 heavy (non-hydrogen) atoms. The number of benzene rings is 2. The van der Waals surface area contributed by atoms with Crippen molar-refractivity contribution in [3.63, 3.8) is 0 Å². The third kappa shape index (κ3) is 4.10. The molecule has 0 radical (unpaired) electrons. The largest absolute Gasteiger partial charge is 0.273 e. The molecule has 4 aromatic heterocycles. The molecule has 6 rings (SSSR count). The first-order valence-corrected chi connectivity index (χ1v) is 12.8. The van der Waals surface area contributed by atoms with Gasteiger partial charge in [0.05, 0.1) is 22.6 Å². The molecule has 0 spiro atoms. The minimum absolute atomic E-state index is 0.308. The lowest BCUT2D eigenvalue weighted by atomic mass is 9.95. The Labute approximate surface area is 216 Å². The normalized spacial score (nSPS) is 11.8. The van der Waals surface area contributed by atoms with Crippen molar-refractivity contribution in [1.29, 1.82) is 0 Å². The van der Waals surface area contributed by atoms with Crippen molar-refractivity contribution in [3.8, 4) is 16.9 Å². The molecule has 0 saturated heterocycles. The van der Waals surface area contributed by atoms with Crippen molar-refractivity contribution in [2.24, 2.45) is 7.05 Å². The molecule has 0 aliphatic carbocycles. The van der Waals surface area contributed by atoms with Crippen LogP contribution in [0.2, 0.25) is 0 Å². The molecular weight excluding hydrogens is 458 g/mol. The molecule has 0 bridgehead atoms. The standard InChI is InChI=1S/C30H31N7/c1-19(2)28-21(4)37(27-16-23-17-35(5)34-30(23)31-20(27)3)33-29(28)24-12-9-13-26-25(24)18-36(32-26)15-14-22-10-7-6-8-11-22/h6-13,16-19H,14-15H2,1-5H3. The van der Waals surface area contributed by atoms with Crippen molar-refractivity contribution < 1.29 is 0 Å². The highest BCUT2D eigenvalue weighted by molar-refractivity contribution is 5.94. The van der Waals surface area contributed by atoms with Gasteiger partial charge >= 0.3 is 0 Å². The first-order chi connectivity index (χ1) is 17.9. The molecule has 4 heterocycles. The van der Waals surface area contributed by atoms with Crippen LogP contribution in [0.1, 0.15) is 42.3 Å². The van der Waals surface area contributed by atoms with Gasteiger partial charge in [-0.3, -0.25) is 9.36 Å². The van der Waals surface area contributed by atoms with E-state index in [0.717, 1.165) is 63.2 Å². The first-order valence-electron chi connectivity index (χ1n) is 12.8. The Morgan fingerprint density at radius 2 is 1.70 bits per heavy atom. The quantitative estimate of drug-likeness (QED) is 0.281. The number of rotatable bonds is 6.